The average Bonchev–Trinajstić information content (AvgIpc) is 3.57. The SMILES string of the molecule is NS(=O)(=O)OC[C@H]1C[C@@H](Nc2ncncc2C(=O)c2ccn(Cc3ccc4nccn4c3)n2)C[C@@H]1O. The van der Waals surface area contributed by atoms with Gasteiger partial charge in [-0.1, -0.05) is 6.07 Å². The number of imidazole rings is 1. The van der Waals surface area contributed by atoms with Gasteiger partial charge >= 0.3 is 10.3 Å². The van der Waals surface area contributed by atoms with Gasteiger partial charge in [-0.25, -0.2) is 20.1 Å². The highest BCUT2D eigenvalue weighted by Crippen LogP contribution is 2.30. The number of hydrogen-bond acceptors (Lipinski definition) is 10. The number of fused-ring (bicyclic) bond motifs is 1. The summed E-state index contributed by atoms with van der Waals surface area (Å²) >= 11 is 0. The van der Waals surface area contributed by atoms with Crippen LogP contribution < -0.4 is 10.5 Å². The molecule has 1 saturated carbocycles. The minimum Gasteiger partial charge on any atom is -0.393 e. The minimum atomic E-state index is -4.09. The number of aliphatic hydroxyl groups is 1. The molecule has 1 aliphatic carbocycles. The molecule has 0 aliphatic heterocycles. The standard InChI is InChI=1S/C22H24N8O5S/c23-36(33,34)35-12-15-7-16(8-19(15)31)27-22-17(9-24-13-26-22)21(32)18-3-5-30(28-18)11-14-1-2-20-25-4-6-29(20)10-14/h1-6,9-10,13,15-16,19,31H,7-8,11-12H2,(H2,23,33,34)(H,24,26,27)/t15-,16-,19+/m1/s1. The molecule has 1 fully saturated rings. The summed E-state index contributed by atoms with van der Waals surface area (Å²) in [6.07, 6.45) is 9.94. The lowest BCUT2D eigenvalue weighted by molar-refractivity contribution is 0.101. The first kappa shape index (κ1) is 24.0. The first-order valence-electron chi connectivity index (χ1n) is 11.2. The highest BCUT2D eigenvalue weighted by molar-refractivity contribution is 7.84. The molecule has 4 heterocycles. The Labute approximate surface area is 206 Å². The summed E-state index contributed by atoms with van der Waals surface area (Å²) in [5.74, 6) is -0.478. The van der Waals surface area contributed by atoms with Crippen LogP contribution in [0.3, 0.4) is 0 Å². The van der Waals surface area contributed by atoms with E-state index < -0.39 is 22.3 Å². The Hall–Kier alpha value is -3.72. The number of carbonyl (C=O) groups excluding carboxylic acids is 1. The fraction of sp³-hybridized carbons (Fsp3) is 0.318. The minimum absolute atomic E-state index is 0.223. The Morgan fingerprint density at radius 1 is 1.22 bits per heavy atom. The van der Waals surface area contributed by atoms with Gasteiger partial charge in [0.15, 0.2) is 0 Å². The molecule has 0 radical (unpaired) electrons. The molecule has 0 aromatic carbocycles. The van der Waals surface area contributed by atoms with Crippen molar-refractivity contribution < 1.29 is 22.5 Å². The number of hydrogen-bond donors (Lipinski definition) is 3. The van der Waals surface area contributed by atoms with Gasteiger partial charge in [-0.3, -0.25) is 13.7 Å². The second-order valence-corrected chi connectivity index (χ2v) is 9.88. The molecule has 0 spiro atoms. The second kappa shape index (κ2) is 9.73. The van der Waals surface area contributed by atoms with Crippen LogP contribution in [0.25, 0.3) is 5.65 Å². The van der Waals surface area contributed by atoms with Crippen LogP contribution in [0, 0.1) is 5.92 Å². The van der Waals surface area contributed by atoms with Crippen LogP contribution in [-0.4, -0.2) is 67.2 Å². The zero-order valence-corrected chi connectivity index (χ0v) is 19.8. The summed E-state index contributed by atoms with van der Waals surface area (Å²) in [4.78, 5) is 25.7. The van der Waals surface area contributed by atoms with Gasteiger partial charge < -0.3 is 14.8 Å². The number of nitrogens with zero attached hydrogens (tertiary/aromatic N) is 6. The first-order chi connectivity index (χ1) is 17.2. The zero-order valence-electron chi connectivity index (χ0n) is 19.0. The van der Waals surface area contributed by atoms with E-state index >= 15 is 0 Å². The number of anilines is 1. The third-order valence-corrected chi connectivity index (χ3v) is 6.53. The van der Waals surface area contributed by atoms with Crippen molar-refractivity contribution in [1.29, 1.82) is 0 Å². The van der Waals surface area contributed by atoms with Crippen molar-refractivity contribution >= 4 is 27.6 Å². The topological polar surface area (TPSA) is 180 Å². The molecule has 36 heavy (non-hydrogen) atoms. The Bertz CT molecular complexity index is 1500. The number of rotatable bonds is 9. The lowest BCUT2D eigenvalue weighted by Crippen LogP contribution is -2.24. The highest BCUT2D eigenvalue weighted by atomic mass is 32.2. The van der Waals surface area contributed by atoms with Crippen molar-refractivity contribution in [2.24, 2.45) is 11.1 Å². The Morgan fingerprint density at radius 3 is 2.92 bits per heavy atom. The molecule has 13 nitrogen and oxygen atoms in total. The zero-order chi connectivity index (χ0) is 25.3. The summed E-state index contributed by atoms with van der Waals surface area (Å²) in [6, 6.07) is 5.24. The van der Waals surface area contributed by atoms with E-state index in [4.69, 9.17) is 5.14 Å². The van der Waals surface area contributed by atoms with Crippen molar-refractivity contribution in [2.45, 2.75) is 31.5 Å². The van der Waals surface area contributed by atoms with E-state index in [2.05, 4.69) is 29.6 Å². The monoisotopic (exact) mass is 512 g/mol. The Kier molecular flexibility index (Phi) is 6.49. The normalized spacial score (nSPS) is 20.1. The molecule has 188 valence electrons. The Balaban J connectivity index is 1.27. The number of aromatic nitrogens is 6. The molecule has 1 aliphatic rings. The third kappa shape index (κ3) is 5.41. The fourth-order valence-electron chi connectivity index (χ4n) is 4.34. The summed E-state index contributed by atoms with van der Waals surface area (Å²) in [7, 11) is -4.09. The van der Waals surface area contributed by atoms with Gasteiger partial charge in [-0.05, 0) is 30.5 Å². The number of nitrogens with two attached hydrogens (primary N) is 1. The number of carbonyl (C=O) groups is 1. The number of aliphatic hydroxyl groups excluding tert-OH is 1. The largest absolute Gasteiger partial charge is 0.393 e. The van der Waals surface area contributed by atoms with E-state index in [1.807, 2.05) is 28.9 Å². The summed E-state index contributed by atoms with van der Waals surface area (Å²) in [6.45, 7) is 0.249. The predicted octanol–water partition coefficient (Wildman–Crippen LogP) is 0.372. The molecule has 0 amide bonds. The van der Waals surface area contributed by atoms with Gasteiger partial charge in [0.1, 0.15) is 23.5 Å². The van der Waals surface area contributed by atoms with Gasteiger partial charge in [0.05, 0.1) is 24.8 Å². The first-order valence-corrected chi connectivity index (χ1v) is 12.6. The molecule has 4 aromatic rings. The smallest absolute Gasteiger partial charge is 0.333 e. The van der Waals surface area contributed by atoms with Gasteiger partial charge in [0.25, 0.3) is 0 Å². The van der Waals surface area contributed by atoms with Crippen molar-refractivity contribution in [2.75, 3.05) is 11.9 Å². The molecule has 0 bridgehead atoms. The van der Waals surface area contributed by atoms with Crippen LogP contribution in [0.15, 0.2) is 55.5 Å². The van der Waals surface area contributed by atoms with Crippen LogP contribution in [0.1, 0.15) is 34.5 Å². The van der Waals surface area contributed by atoms with Gasteiger partial charge in [0.2, 0.25) is 5.78 Å². The van der Waals surface area contributed by atoms with Crippen molar-refractivity contribution in [1.82, 2.24) is 29.1 Å². The Morgan fingerprint density at radius 2 is 2.08 bits per heavy atom. The van der Waals surface area contributed by atoms with Gasteiger partial charge in [-0.15, -0.1) is 0 Å². The summed E-state index contributed by atoms with van der Waals surface area (Å²) < 4.78 is 30.3. The van der Waals surface area contributed by atoms with Gasteiger partial charge in [0, 0.05) is 42.9 Å². The number of pyridine rings is 1. The predicted molar refractivity (Wildman–Crippen MR) is 127 cm³/mol. The molecule has 14 heteroatoms. The quantitative estimate of drug-likeness (QED) is 0.265. The van der Waals surface area contributed by atoms with Crippen LogP contribution in [0.2, 0.25) is 0 Å². The summed E-state index contributed by atoms with van der Waals surface area (Å²) in [5, 5.41) is 22.8. The van der Waals surface area contributed by atoms with Crippen molar-refractivity contribution in [3.63, 3.8) is 0 Å². The van der Waals surface area contributed by atoms with Crippen LogP contribution >= 0.6 is 0 Å². The maximum Gasteiger partial charge on any atom is 0.333 e. The van der Waals surface area contributed by atoms with E-state index in [9.17, 15) is 18.3 Å². The van der Waals surface area contributed by atoms with E-state index in [1.54, 1.807) is 23.1 Å². The van der Waals surface area contributed by atoms with Crippen molar-refractivity contribution in [3.8, 4) is 0 Å². The maximum absolute atomic E-state index is 13.2. The average molecular weight is 513 g/mol. The van der Waals surface area contributed by atoms with Crippen molar-refractivity contribution in [3.05, 3.63) is 72.3 Å². The third-order valence-electron chi connectivity index (χ3n) is 6.07. The highest BCUT2D eigenvalue weighted by Gasteiger charge is 2.34. The van der Waals surface area contributed by atoms with E-state index in [-0.39, 0.29) is 29.7 Å². The molecule has 4 aromatic heterocycles. The molecular weight excluding hydrogens is 488 g/mol. The molecule has 0 unspecified atom stereocenters. The summed E-state index contributed by atoms with van der Waals surface area (Å²) in [5.41, 5.74) is 2.31. The van der Waals surface area contributed by atoms with Crippen LogP contribution in [0.5, 0.6) is 0 Å². The van der Waals surface area contributed by atoms with E-state index in [0.717, 1.165) is 11.2 Å². The molecule has 3 atom stereocenters. The fourth-order valence-corrected chi connectivity index (χ4v) is 4.71. The number of ketones is 1. The number of nitrogens with one attached hydrogen (secondary N) is 1. The lowest BCUT2D eigenvalue weighted by atomic mass is 10.1. The lowest BCUT2D eigenvalue weighted by Gasteiger charge is -2.15. The molecule has 5 rings (SSSR count). The second-order valence-electron chi connectivity index (χ2n) is 8.66. The molecular formula is C22H24N8O5S. The van der Waals surface area contributed by atoms with Gasteiger partial charge in [-0.2, -0.15) is 13.5 Å². The maximum atomic E-state index is 13.2. The molecule has 4 N–H and O–H groups in total. The van der Waals surface area contributed by atoms with Crippen LogP contribution in [0.4, 0.5) is 5.82 Å². The molecule has 0 saturated heterocycles. The van der Waals surface area contributed by atoms with E-state index in [0.29, 0.717) is 25.2 Å². The van der Waals surface area contributed by atoms with Crippen LogP contribution in [-0.2, 0) is 21.0 Å². The van der Waals surface area contributed by atoms with E-state index in [1.165, 1.54) is 12.5 Å².